The smallest absolute Gasteiger partial charge is 0.251 e. The Balaban J connectivity index is 2.27. The van der Waals surface area contributed by atoms with Gasteiger partial charge in [0.25, 0.3) is 5.91 Å². The summed E-state index contributed by atoms with van der Waals surface area (Å²) in [5.74, 6) is 0.632. The lowest BCUT2D eigenvalue weighted by Gasteiger charge is -2.07. The second-order valence-corrected chi connectivity index (χ2v) is 8.05. The third-order valence-corrected chi connectivity index (χ3v) is 4.05. The summed E-state index contributed by atoms with van der Waals surface area (Å²) in [6, 6.07) is 6.40. The molecule has 0 aromatic heterocycles. The van der Waals surface area contributed by atoms with E-state index in [0.717, 1.165) is 25.0 Å². The summed E-state index contributed by atoms with van der Waals surface area (Å²) in [5.41, 5.74) is 0.984. The van der Waals surface area contributed by atoms with E-state index in [-0.39, 0.29) is 5.91 Å². The molecule has 1 rings (SSSR count). The quantitative estimate of drug-likeness (QED) is 0.641. The summed E-state index contributed by atoms with van der Waals surface area (Å²) >= 11 is 0. The van der Waals surface area contributed by atoms with Gasteiger partial charge in [0.2, 0.25) is 10.0 Å². The first-order chi connectivity index (χ1) is 10.8. The van der Waals surface area contributed by atoms with Crippen LogP contribution in [0.5, 0.6) is 0 Å². The van der Waals surface area contributed by atoms with Crippen LogP contribution in [0.3, 0.4) is 0 Å². The zero-order valence-corrected chi connectivity index (χ0v) is 15.1. The molecule has 0 unspecified atom stereocenters. The maximum Gasteiger partial charge on any atom is 0.251 e. The third-order valence-electron chi connectivity index (χ3n) is 3.44. The van der Waals surface area contributed by atoms with Crippen molar-refractivity contribution in [2.24, 2.45) is 5.92 Å². The number of carbonyl (C=O) groups excluding carboxylic acids is 1. The van der Waals surface area contributed by atoms with Crippen LogP contribution in [0.15, 0.2) is 24.3 Å². The fraction of sp³-hybridized carbons (Fsp3) is 0.588. The average molecular weight is 340 g/mol. The maximum atomic E-state index is 12.0. The predicted molar refractivity (Wildman–Crippen MR) is 95.2 cm³/mol. The van der Waals surface area contributed by atoms with E-state index in [2.05, 4.69) is 23.9 Å². The molecule has 0 spiro atoms. The fourth-order valence-electron chi connectivity index (χ4n) is 2.24. The first-order valence-electron chi connectivity index (χ1n) is 8.14. The first kappa shape index (κ1) is 19.5. The minimum Gasteiger partial charge on any atom is -0.352 e. The molecule has 0 saturated carbocycles. The maximum absolute atomic E-state index is 12.0. The highest BCUT2D eigenvalue weighted by Crippen LogP contribution is 2.11. The topological polar surface area (TPSA) is 75.3 Å². The largest absolute Gasteiger partial charge is 0.352 e. The number of amides is 1. The lowest BCUT2D eigenvalue weighted by Crippen LogP contribution is -2.24. The van der Waals surface area contributed by atoms with Gasteiger partial charge in [-0.1, -0.05) is 39.5 Å². The lowest BCUT2D eigenvalue weighted by molar-refractivity contribution is 0.0953. The first-order valence-corrected chi connectivity index (χ1v) is 10.0. The molecule has 0 atom stereocenters. The predicted octanol–water partition coefficient (Wildman–Crippen LogP) is 3.39. The van der Waals surface area contributed by atoms with E-state index < -0.39 is 10.0 Å². The van der Waals surface area contributed by atoms with Gasteiger partial charge in [-0.3, -0.25) is 9.52 Å². The van der Waals surface area contributed by atoms with Crippen molar-refractivity contribution in [3.63, 3.8) is 0 Å². The number of carbonyl (C=O) groups is 1. The van der Waals surface area contributed by atoms with Gasteiger partial charge < -0.3 is 5.32 Å². The summed E-state index contributed by atoms with van der Waals surface area (Å²) in [7, 11) is -3.29. The number of anilines is 1. The third kappa shape index (κ3) is 9.23. The lowest BCUT2D eigenvalue weighted by atomic mass is 10.0. The molecular formula is C17H28N2O3S. The summed E-state index contributed by atoms with van der Waals surface area (Å²) in [6.07, 6.45) is 6.93. The molecule has 0 fully saturated rings. The second kappa shape index (κ2) is 9.55. The van der Waals surface area contributed by atoms with Crippen molar-refractivity contribution < 1.29 is 13.2 Å². The number of hydrogen-bond donors (Lipinski definition) is 2. The normalized spacial score (nSPS) is 11.5. The number of benzene rings is 1. The summed E-state index contributed by atoms with van der Waals surface area (Å²) in [6.45, 7) is 5.14. The standard InChI is InChI=1S/C17H28N2O3S/c1-14(2)8-6-4-5-7-13-18-17(20)15-9-11-16(12-10-15)19-23(3,21)22/h9-12,14,19H,4-8,13H2,1-3H3,(H,18,20). The van der Waals surface area contributed by atoms with Crippen LogP contribution in [-0.2, 0) is 10.0 Å². The Kier molecular flexibility index (Phi) is 8.09. The second-order valence-electron chi connectivity index (χ2n) is 6.30. The molecule has 0 heterocycles. The van der Waals surface area contributed by atoms with Gasteiger partial charge in [-0.2, -0.15) is 0 Å². The van der Waals surface area contributed by atoms with Gasteiger partial charge in [0, 0.05) is 17.8 Å². The van der Waals surface area contributed by atoms with Gasteiger partial charge in [-0.15, -0.1) is 0 Å². The zero-order chi connectivity index (χ0) is 17.3. The molecule has 0 aliphatic carbocycles. The number of sulfonamides is 1. The van der Waals surface area contributed by atoms with E-state index in [0.29, 0.717) is 17.8 Å². The number of hydrogen-bond acceptors (Lipinski definition) is 3. The fourth-order valence-corrected chi connectivity index (χ4v) is 2.80. The highest BCUT2D eigenvalue weighted by Gasteiger charge is 2.06. The average Bonchev–Trinajstić information content (AvgIpc) is 2.44. The number of rotatable bonds is 10. The molecule has 1 aromatic carbocycles. The van der Waals surface area contributed by atoms with Crippen LogP contribution in [0.2, 0.25) is 0 Å². The molecule has 0 aliphatic rings. The van der Waals surface area contributed by atoms with Gasteiger partial charge in [0.15, 0.2) is 0 Å². The van der Waals surface area contributed by atoms with Gasteiger partial charge in [-0.25, -0.2) is 8.42 Å². The Morgan fingerprint density at radius 3 is 2.22 bits per heavy atom. The molecule has 1 amide bonds. The van der Waals surface area contributed by atoms with Crippen molar-refractivity contribution in [3.05, 3.63) is 29.8 Å². The van der Waals surface area contributed by atoms with Crippen LogP contribution >= 0.6 is 0 Å². The Hall–Kier alpha value is -1.56. The Labute approximate surface area is 139 Å². The van der Waals surface area contributed by atoms with Crippen molar-refractivity contribution in [2.75, 3.05) is 17.5 Å². The van der Waals surface area contributed by atoms with Crippen LogP contribution in [-0.4, -0.2) is 27.1 Å². The van der Waals surface area contributed by atoms with E-state index in [1.54, 1.807) is 24.3 Å². The van der Waals surface area contributed by atoms with Crippen LogP contribution < -0.4 is 10.0 Å². The number of unbranched alkanes of at least 4 members (excludes halogenated alkanes) is 3. The zero-order valence-electron chi connectivity index (χ0n) is 14.3. The molecule has 23 heavy (non-hydrogen) atoms. The van der Waals surface area contributed by atoms with Crippen molar-refractivity contribution >= 4 is 21.6 Å². The van der Waals surface area contributed by atoms with Crippen LogP contribution in [0.25, 0.3) is 0 Å². The molecule has 0 radical (unpaired) electrons. The molecular weight excluding hydrogens is 312 g/mol. The van der Waals surface area contributed by atoms with E-state index >= 15 is 0 Å². The van der Waals surface area contributed by atoms with E-state index in [1.807, 2.05) is 0 Å². The highest BCUT2D eigenvalue weighted by atomic mass is 32.2. The van der Waals surface area contributed by atoms with Gasteiger partial charge in [0.1, 0.15) is 0 Å². The molecule has 0 bridgehead atoms. The Bertz CT molecular complexity index is 580. The molecule has 5 nitrogen and oxygen atoms in total. The van der Waals surface area contributed by atoms with Crippen molar-refractivity contribution in [1.29, 1.82) is 0 Å². The van der Waals surface area contributed by atoms with Crippen LogP contribution in [0, 0.1) is 5.92 Å². The van der Waals surface area contributed by atoms with E-state index in [4.69, 9.17) is 0 Å². The summed E-state index contributed by atoms with van der Waals surface area (Å²) in [5, 5.41) is 2.89. The molecule has 130 valence electrons. The minimum atomic E-state index is -3.29. The van der Waals surface area contributed by atoms with Crippen LogP contribution in [0.4, 0.5) is 5.69 Å². The molecule has 6 heteroatoms. The Morgan fingerprint density at radius 1 is 1.04 bits per heavy atom. The SMILES string of the molecule is CC(C)CCCCCCNC(=O)c1ccc(NS(C)(=O)=O)cc1. The van der Waals surface area contributed by atoms with Gasteiger partial charge >= 0.3 is 0 Å². The Morgan fingerprint density at radius 2 is 1.65 bits per heavy atom. The van der Waals surface area contributed by atoms with Crippen LogP contribution in [0.1, 0.15) is 56.3 Å². The van der Waals surface area contributed by atoms with Gasteiger partial charge in [0.05, 0.1) is 6.26 Å². The monoisotopic (exact) mass is 340 g/mol. The van der Waals surface area contributed by atoms with Crippen molar-refractivity contribution in [3.8, 4) is 0 Å². The summed E-state index contributed by atoms with van der Waals surface area (Å²) in [4.78, 5) is 12.0. The molecule has 0 aliphatic heterocycles. The number of nitrogens with one attached hydrogen (secondary N) is 2. The highest BCUT2D eigenvalue weighted by molar-refractivity contribution is 7.92. The molecule has 2 N–H and O–H groups in total. The minimum absolute atomic E-state index is 0.127. The van der Waals surface area contributed by atoms with Gasteiger partial charge in [-0.05, 0) is 36.6 Å². The van der Waals surface area contributed by atoms with E-state index in [1.165, 1.54) is 19.3 Å². The summed E-state index contributed by atoms with van der Waals surface area (Å²) < 4.78 is 24.6. The van der Waals surface area contributed by atoms with Crippen molar-refractivity contribution in [1.82, 2.24) is 5.32 Å². The molecule has 1 aromatic rings. The van der Waals surface area contributed by atoms with Crippen molar-refractivity contribution in [2.45, 2.75) is 46.0 Å². The molecule has 0 saturated heterocycles. The van der Waals surface area contributed by atoms with E-state index in [9.17, 15) is 13.2 Å².